The first kappa shape index (κ1) is 12.9. The van der Waals surface area contributed by atoms with Crippen molar-refractivity contribution in [3.8, 4) is 0 Å². The Balaban J connectivity index is 2.72. The van der Waals surface area contributed by atoms with Gasteiger partial charge in [0.15, 0.2) is 0 Å². The van der Waals surface area contributed by atoms with Crippen molar-refractivity contribution in [2.75, 3.05) is 6.61 Å². The third-order valence-electron chi connectivity index (χ3n) is 2.39. The number of ether oxygens (including phenoxy) is 1. The SMILES string of the molecule is CCOC(=O)c1c[nH]c2cc(Cl)cc(Cl)c2c1=O. The third-order valence-corrected chi connectivity index (χ3v) is 2.91. The molecule has 0 bridgehead atoms. The van der Waals surface area contributed by atoms with Crippen molar-refractivity contribution in [1.29, 1.82) is 0 Å². The zero-order valence-electron chi connectivity index (χ0n) is 9.42. The molecule has 4 nitrogen and oxygen atoms in total. The highest BCUT2D eigenvalue weighted by Crippen LogP contribution is 2.24. The Bertz CT molecular complexity index is 679. The van der Waals surface area contributed by atoms with Gasteiger partial charge in [-0.1, -0.05) is 23.2 Å². The van der Waals surface area contributed by atoms with Gasteiger partial charge in [-0.2, -0.15) is 0 Å². The lowest BCUT2D eigenvalue weighted by atomic mass is 10.1. The lowest BCUT2D eigenvalue weighted by Gasteiger charge is -2.05. The summed E-state index contributed by atoms with van der Waals surface area (Å²) in [7, 11) is 0. The van der Waals surface area contributed by atoms with Crippen LogP contribution in [-0.2, 0) is 4.74 Å². The second-order valence-electron chi connectivity index (χ2n) is 3.56. The first-order chi connectivity index (χ1) is 8.54. The van der Waals surface area contributed by atoms with E-state index in [1.807, 2.05) is 0 Å². The van der Waals surface area contributed by atoms with Crippen LogP contribution in [0.4, 0.5) is 0 Å². The lowest BCUT2D eigenvalue weighted by Crippen LogP contribution is -2.18. The predicted octanol–water partition coefficient (Wildman–Crippen LogP) is 3.01. The number of hydrogen-bond acceptors (Lipinski definition) is 3. The number of esters is 1. The maximum atomic E-state index is 12.1. The number of pyridine rings is 1. The van der Waals surface area contributed by atoms with Gasteiger partial charge in [-0.15, -0.1) is 0 Å². The van der Waals surface area contributed by atoms with Gasteiger partial charge < -0.3 is 9.72 Å². The van der Waals surface area contributed by atoms with E-state index in [0.29, 0.717) is 10.5 Å². The summed E-state index contributed by atoms with van der Waals surface area (Å²) >= 11 is 11.8. The summed E-state index contributed by atoms with van der Waals surface area (Å²) in [4.78, 5) is 26.5. The van der Waals surface area contributed by atoms with Crippen LogP contribution >= 0.6 is 23.2 Å². The van der Waals surface area contributed by atoms with E-state index < -0.39 is 11.4 Å². The molecule has 0 unspecified atom stereocenters. The highest BCUT2D eigenvalue weighted by molar-refractivity contribution is 6.38. The molecule has 0 saturated carbocycles. The van der Waals surface area contributed by atoms with Crippen molar-refractivity contribution in [2.24, 2.45) is 0 Å². The number of benzene rings is 1. The molecule has 0 spiro atoms. The number of halogens is 2. The number of aromatic nitrogens is 1. The van der Waals surface area contributed by atoms with Gasteiger partial charge in [0, 0.05) is 11.2 Å². The average Bonchev–Trinajstić information content (AvgIpc) is 2.28. The summed E-state index contributed by atoms with van der Waals surface area (Å²) in [5.74, 6) is -0.674. The second kappa shape index (κ2) is 5.00. The first-order valence-corrected chi connectivity index (χ1v) is 5.97. The molecule has 1 N–H and O–H groups in total. The monoisotopic (exact) mass is 285 g/mol. The summed E-state index contributed by atoms with van der Waals surface area (Å²) in [5.41, 5.74) is -0.0667. The third kappa shape index (κ3) is 2.21. The van der Waals surface area contributed by atoms with E-state index in [9.17, 15) is 9.59 Å². The van der Waals surface area contributed by atoms with Crippen LogP contribution in [0.25, 0.3) is 10.9 Å². The Morgan fingerprint density at radius 1 is 1.39 bits per heavy atom. The number of nitrogens with one attached hydrogen (secondary N) is 1. The number of carbonyl (C=O) groups is 1. The summed E-state index contributed by atoms with van der Waals surface area (Å²) in [6, 6.07) is 3.02. The van der Waals surface area contributed by atoms with Crippen molar-refractivity contribution in [2.45, 2.75) is 6.92 Å². The normalized spacial score (nSPS) is 10.6. The molecule has 18 heavy (non-hydrogen) atoms. The van der Waals surface area contributed by atoms with Gasteiger partial charge in [-0.25, -0.2) is 4.79 Å². The smallest absolute Gasteiger partial charge is 0.343 e. The van der Waals surface area contributed by atoms with E-state index in [0.717, 1.165) is 0 Å². The zero-order chi connectivity index (χ0) is 13.3. The Labute approximate surface area is 112 Å². The fourth-order valence-corrected chi connectivity index (χ4v) is 2.21. The minimum Gasteiger partial charge on any atom is -0.462 e. The molecule has 0 fully saturated rings. The Morgan fingerprint density at radius 3 is 2.78 bits per heavy atom. The van der Waals surface area contributed by atoms with Crippen molar-refractivity contribution < 1.29 is 9.53 Å². The standard InChI is InChI=1S/C12H9Cl2NO3/c1-2-18-12(17)7-5-15-9-4-6(13)3-8(14)10(9)11(7)16/h3-5H,2H2,1H3,(H,15,16). The van der Waals surface area contributed by atoms with Crippen LogP contribution in [0.2, 0.25) is 10.0 Å². The molecular weight excluding hydrogens is 277 g/mol. The van der Waals surface area contributed by atoms with E-state index in [-0.39, 0.29) is 22.6 Å². The molecular formula is C12H9Cl2NO3. The number of hydrogen-bond donors (Lipinski definition) is 1. The van der Waals surface area contributed by atoms with Crippen molar-refractivity contribution in [3.05, 3.63) is 44.2 Å². The van der Waals surface area contributed by atoms with Gasteiger partial charge in [-0.05, 0) is 19.1 Å². The van der Waals surface area contributed by atoms with Gasteiger partial charge in [0.1, 0.15) is 5.56 Å². The molecule has 1 aromatic heterocycles. The molecule has 1 aromatic carbocycles. The van der Waals surface area contributed by atoms with Crippen LogP contribution < -0.4 is 5.43 Å². The fraction of sp³-hybridized carbons (Fsp3) is 0.167. The van der Waals surface area contributed by atoms with E-state index in [1.54, 1.807) is 13.0 Å². The van der Waals surface area contributed by atoms with Crippen molar-refractivity contribution in [3.63, 3.8) is 0 Å². The molecule has 0 aliphatic carbocycles. The van der Waals surface area contributed by atoms with Crippen LogP contribution in [0.3, 0.4) is 0 Å². The van der Waals surface area contributed by atoms with Gasteiger partial charge in [-0.3, -0.25) is 4.79 Å². The molecule has 94 valence electrons. The quantitative estimate of drug-likeness (QED) is 0.863. The molecule has 1 heterocycles. The first-order valence-electron chi connectivity index (χ1n) is 5.22. The van der Waals surface area contributed by atoms with E-state index in [2.05, 4.69) is 4.98 Å². The Morgan fingerprint density at radius 2 is 2.11 bits per heavy atom. The van der Waals surface area contributed by atoms with Crippen LogP contribution in [0, 0.1) is 0 Å². The van der Waals surface area contributed by atoms with E-state index in [4.69, 9.17) is 27.9 Å². The van der Waals surface area contributed by atoms with Gasteiger partial charge in [0.2, 0.25) is 5.43 Å². The highest BCUT2D eigenvalue weighted by Gasteiger charge is 2.16. The van der Waals surface area contributed by atoms with Crippen LogP contribution in [-0.4, -0.2) is 17.6 Å². The van der Waals surface area contributed by atoms with Gasteiger partial charge in [0.25, 0.3) is 0 Å². The Hall–Kier alpha value is -1.52. The number of aromatic amines is 1. The molecule has 6 heteroatoms. The number of H-pyrrole nitrogens is 1. The highest BCUT2D eigenvalue weighted by atomic mass is 35.5. The predicted molar refractivity (Wildman–Crippen MR) is 70.5 cm³/mol. The van der Waals surface area contributed by atoms with Crippen LogP contribution in [0.5, 0.6) is 0 Å². The van der Waals surface area contributed by atoms with Gasteiger partial charge >= 0.3 is 5.97 Å². The van der Waals surface area contributed by atoms with Crippen LogP contribution in [0.1, 0.15) is 17.3 Å². The minimum absolute atomic E-state index is 0.0754. The largest absolute Gasteiger partial charge is 0.462 e. The summed E-state index contributed by atoms with van der Waals surface area (Å²) in [6.45, 7) is 1.87. The lowest BCUT2D eigenvalue weighted by molar-refractivity contribution is 0.0524. The fourth-order valence-electron chi connectivity index (χ4n) is 1.63. The topological polar surface area (TPSA) is 59.2 Å². The molecule has 0 amide bonds. The molecule has 0 atom stereocenters. The molecule has 0 saturated heterocycles. The van der Waals surface area contributed by atoms with Crippen molar-refractivity contribution in [1.82, 2.24) is 4.98 Å². The number of rotatable bonds is 2. The number of fused-ring (bicyclic) bond motifs is 1. The zero-order valence-corrected chi connectivity index (χ0v) is 10.9. The summed E-state index contributed by atoms with van der Waals surface area (Å²) in [6.07, 6.45) is 1.30. The molecule has 0 aliphatic heterocycles. The van der Waals surface area contributed by atoms with Gasteiger partial charge in [0.05, 0.1) is 22.5 Å². The maximum absolute atomic E-state index is 12.1. The molecule has 0 radical (unpaired) electrons. The average molecular weight is 286 g/mol. The van der Waals surface area contributed by atoms with E-state index >= 15 is 0 Å². The van der Waals surface area contributed by atoms with E-state index in [1.165, 1.54) is 12.3 Å². The minimum atomic E-state index is -0.674. The Kier molecular flexibility index (Phi) is 3.59. The second-order valence-corrected chi connectivity index (χ2v) is 4.41. The number of carbonyl (C=O) groups excluding carboxylic acids is 1. The van der Waals surface area contributed by atoms with Crippen LogP contribution in [0.15, 0.2) is 23.1 Å². The maximum Gasteiger partial charge on any atom is 0.343 e. The molecule has 2 aromatic rings. The molecule has 2 rings (SSSR count). The van der Waals surface area contributed by atoms with Crippen molar-refractivity contribution >= 4 is 40.1 Å². The summed E-state index contributed by atoms with van der Waals surface area (Å²) in [5, 5.41) is 0.837. The molecule has 0 aliphatic rings. The summed E-state index contributed by atoms with van der Waals surface area (Å²) < 4.78 is 4.79.